The van der Waals surface area contributed by atoms with Gasteiger partial charge in [0.05, 0.1) is 6.33 Å². The molecule has 8 nitrogen and oxygen atoms in total. The number of nitrogens with one attached hydrogen (secondary N) is 2. The van der Waals surface area contributed by atoms with E-state index in [9.17, 15) is 14.4 Å². The van der Waals surface area contributed by atoms with Crippen molar-refractivity contribution in [2.75, 3.05) is 24.3 Å². The van der Waals surface area contributed by atoms with Crippen molar-refractivity contribution in [1.29, 1.82) is 0 Å². The lowest BCUT2D eigenvalue weighted by molar-refractivity contribution is 0.102. The van der Waals surface area contributed by atoms with Gasteiger partial charge in [-0.2, -0.15) is 0 Å². The number of rotatable bonds is 4. The minimum Gasteiger partial charge on any atom is -0.402 e. The molecule has 0 saturated heterocycles. The standard InChI is InChI=1S/C22H18N4O4/c1-26(2)15-10-8-13(9-11-15)16-17-20(28)23-12-24-21(17)30-22(29)18(16)25-19(27)14-6-4-3-5-7-14/h3-12H,1-2H3,(H,25,27)(H,23,24,28). The summed E-state index contributed by atoms with van der Waals surface area (Å²) in [6.07, 6.45) is 1.16. The molecule has 30 heavy (non-hydrogen) atoms. The molecule has 0 aliphatic heterocycles. The van der Waals surface area contributed by atoms with Crippen LogP contribution >= 0.6 is 0 Å². The third-order valence-electron chi connectivity index (χ3n) is 4.66. The van der Waals surface area contributed by atoms with Crippen LogP contribution in [0.5, 0.6) is 0 Å². The van der Waals surface area contributed by atoms with Crippen LogP contribution in [0.3, 0.4) is 0 Å². The maximum atomic E-state index is 12.7. The first-order chi connectivity index (χ1) is 14.5. The zero-order chi connectivity index (χ0) is 21.3. The number of H-pyrrole nitrogens is 1. The Balaban J connectivity index is 1.95. The number of amides is 1. The maximum absolute atomic E-state index is 12.7. The maximum Gasteiger partial charge on any atom is 0.362 e. The molecule has 4 aromatic rings. The normalized spacial score (nSPS) is 10.7. The minimum absolute atomic E-state index is 0.0815. The molecular formula is C22H18N4O4. The van der Waals surface area contributed by atoms with Gasteiger partial charge in [0.2, 0.25) is 5.71 Å². The molecule has 2 heterocycles. The molecule has 0 unspecified atom stereocenters. The van der Waals surface area contributed by atoms with Gasteiger partial charge in [-0.15, -0.1) is 0 Å². The van der Waals surface area contributed by atoms with Gasteiger partial charge in [0, 0.05) is 30.9 Å². The van der Waals surface area contributed by atoms with Crippen LogP contribution in [0.25, 0.3) is 22.2 Å². The summed E-state index contributed by atoms with van der Waals surface area (Å²) < 4.78 is 5.22. The Bertz CT molecular complexity index is 1340. The van der Waals surface area contributed by atoms with Gasteiger partial charge in [0.1, 0.15) is 11.1 Å². The van der Waals surface area contributed by atoms with Gasteiger partial charge in [-0.05, 0) is 29.8 Å². The molecule has 0 radical (unpaired) electrons. The van der Waals surface area contributed by atoms with Crippen molar-refractivity contribution in [3.05, 3.63) is 87.3 Å². The van der Waals surface area contributed by atoms with Crippen molar-refractivity contribution in [2.45, 2.75) is 0 Å². The zero-order valence-corrected chi connectivity index (χ0v) is 16.3. The quantitative estimate of drug-likeness (QED) is 0.543. The van der Waals surface area contributed by atoms with Crippen LogP contribution < -0.4 is 21.4 Å². The van der Waals surface area contributed by atoms with Crippen molar-refractivity contribution >= 4 is 28.4 Å². The number of anilines is 2. The number of hydrogen-bond donors (Lipinski definition) is 2. The molecule has 2 aromatic heterocycles. The Morgan fingerprint density at radius 2 is 1.73 bits per heavy atom. The van der Waals surface area contributed by atoms with Gasteiger partial charge in [-0.3, -0.25) is 9.59 Å². The van der Waals surface area contributed by atoms with E-state index in [0.717, 1.165) is 12.0 Å². The molecule has 2 aromatic carbocycles. The second kappa shape index (κ2) is 7.67. The lowest BCUT2D eigenvalue weighted by Crippen LogP contribution is -2.21. The molecule has 1 amide bonds. The zero-order valence-electron chi connectivity index (χ0n) is 16.3. The fraction of sp³-hybridized carbons (Fsp3) is 0.0909. The van der Waals surface area contributed by atoms with Crippen molar-refractivity contribution in [2.24, 2.45) is 0 Å². The van der Waals surface area contributed by atoms with E-state index >= 15 is 0 Å². The van der Waals surface area contributed by atoms with E-state index in [0.29, 0.717) is 11.1 Å². The summed E-state index contributed by atoms with van der Waals surface area (Å²) in [4.78, 5) is 46.4. The van der Waals surface area contributed by atoms with Crippen LogP contribution in [0.2, 0.25) is 0 Å². The van der Waals surface area contributed by atoms with Crippen LogP contribution in [0, 0.1) is 0 Å². The molecule has 0 saturated carbocycles. The average Bonchev–Trinajstić information content (AvgIpc) is 2.75. The molecule has 0 atom stereocenters. The number of aromatic amines is 1. The molecule has 150 valence electrons. The predicted octanol–water partition coefficient (Wildman–Crippen LogP) is 2.86. The second-order valence-electron chi connectivity index (χ2n) is 6.81. The third-order valence-corrected chi connectivity index (χ3v) is 4.66. The fourth-order valence-electron chi connectivity index (χ4n) is 3.15. The predicted molar refractivity (Wildman–Crippen MR) is 115 cm³/mol. The highest BCUT2D eigenvalue weighted by Crippen LogP contribution is 2.32. The first-order valence-electron chi connectivity index (χ1n) is 9.14. The lowest BCUT2D eigenvalue weighted by atomic mass is 10.0. The third kappa shape index (κ3) is 3.46. The van der Waals surface area contributed by atoms with Crippen LogP contribution in [0.15, 0.2) is 74.9 Å². The number of carbonyl (C=O) groups is 1. The minimum atomic E-state index is -0.795. The molecule has 0 aliphatic carbocycles. The van der Waals surface area contributed by atoms with Gasteiger partial charge >= 0.3 is 5.63 Å². The molecule has 0 bridgehead atoms. The number of carbonyl (C=O) groups excluding carboxylic acids is 1. The number of fused-ring (bicyclic) bond motifs is 1. The Morgan fingerprint density at radius 3 is 2.40 bits per heavy atom. The smallest absolute Gasteiger partial charge is 0.362 e. The first kappa shape index (κ1) is 19.1. The number of nitrogens with zero attached hydrogens (tertiary/aromatic N) is 2. The molecule has 4 rings (SSSR count). The number of hydrogen-bond acceptors (Lipinski definition) is 6. The highest BCUT2D eigenvalue weighted by Gasteiger charge is 2.21. The molecule has 0 aliphatic rings. The van der Waals surface area contributed by atoms with Gasteiger partial charge in [0.15, 0.2) is 0 Å². The van der Waals surface area contributed by atoms with Crippen molar-refractivity contribution < 1.29 is 9.21 Å². The van der Waals surface area contributed by atoms with Crippen LogP contribution in [0.1, 0.15) is 10.4 Å². The van der Waals surface area contributed by atoms with E-state index < -0.39 is 17.1 Å². The van der Waals surface area contributed by atoms with Crippen molar-refractivity contribution in [1.82, 2.24) is 9.97 Å². The molecule has 2 N–H and O–H groups in total. The monoisotopic (exact) mass is 402 g/mol. The van der Waals surface area contributed by atoms with E-state index in [2.05, 4.69) is 15.3 Å². The summed E-state index contributed by atoms with van der Waals surface area (Å²) in [5.41, 5.74) is 0.632. The topological polar surface area (TPSA) is 108 Å². The van der Waals surface area contributed by atoms with Gasteiger partial charge < -0.3 is 19.6 Å². The largest absolute Gasteiger partial charge is 0.402 e. The van der Waals surface area contributed by atoms with Gasteiger partial charge in [-0.25, -0.2) is 9.78 Å². The van der Waals surface area contributed by atoms with Crippen LogP contribution in [0.4, 0.5) is 11.4 Å². The highest BCUT2D eigenvalue weighted by molar-refractivity contribution is 6.09. The van der Waals surface area contributed by atoms with E-state index in [4.69, 9.17) is 4.42 Å². The molecule has 0 fully saturated rings. The molecule has 0 spiro atoms. The van der Waals surface area contributed by atoms with E-state index in [1.54, 1.807) is 42.5 Å². The van der Waals surface area contributed by atoms with Gasteiger partial charge in [0.25, 0.3) is 11.5 Å². The van der Waals surface area contributed by atoms with E-state index in [-0.39, 0.29) is 22.4 Å². The summed E-state index contributed by atoms with van der Waals surface area (Å²) in [6.45, 7) is 0. The Labute approximate surface area is 170 Å². The van der Waals surface area contributed by atoms with Crippen molar-refractivity contribution in [3.8, 4) is 11.1 Å². The Hall–Kier alpha value is -4.20. The van der Waals surface area contributed by atoms with E-state index in [1.807, 2.05) is 31.1 Å². The summed E-state index contributed by atoms with van der Waals surface area (Å²) in [7, 11) is 3.81. The summed E-state index contributed by atoms with van der Waals surface area (Å²) in [5, 5.41) is 2.70. The summed E-state index contributed by atoms with van der Waals surface area (Å²) in [6, 6.07) is 15.7. The average molecular weight is 402 g/mol. The number of benzene rings is 2. The summed E-state index contributed by atoms with van der Waals surface area (Å²) in [5.74, 6) is -0.492. The summed E-state index contributed by atoms with van der Waals surface area (Å²) >= 11 is 0. The Kier molecular flexibility index (Phi) is 4.89. The SMILES string of the molecule is CN(C)c1ccc(-c2c(NC(=O)c3ccccc3)c(=O)oc3nc[nH]c(=O)c23)cc1. The van der Waals surface area contributed by atoms with Crippen LogP contribution in [-0.2, 0) is 0 Å². The lowest BCUT2D eigenvalue weighted by Gasteiger charge is -2.15. The molecule has 8 heteroatoms. The second-order valence-corrected chi connectivity index (χ2v) is 6.81. The van der Waals surface area contributed by atoms with Gasteiger partial charge in [-0.1, -0.05) is 30.3 Å². The highest BCUT2D eigenvalue weighted by atomic mass is 16.4. The van der Waals surface area contributed by atoms with Crippen molar-refractivity contribution in [3.63, 3.8) is 0 Å². The first-order valence-corrected chi connectivity index (χ1v) is 9.14. The Morgan fingerprint density at radius 1 is 1.03 bits per heavy atom. The fourth-order valence-corrected chi connectivity index (χ4v) is 3.15. The van der Waals surface area contributed by atoms with Crippen LogP contribution in [-0.4, -0.2) is 30.0 Å². The van der Waals surface area contributed by atoms with E-state index in [1.165, 1.54) is 0 Å². The number of aromatic nitrogens is 2. The molecular weight excluding hydrogens is 384 g/mol.